The summed E-state index contributed by atoms with van der Waals surface area (Å²) in [5.41, 5.74) is 1.56. The molecule has 0 fully saturated rings. The SMILES string of the molecule is CB(C)C1=CC=CC1.CC.CCC. The van der Waals surface area contributed by atoms with Crippen LogP contribution in [-0.2, 0) is 0 Å². The molecule has 0 aromatic rings. The lowest BCUT2D eigenvalue weighted by atomic mass is 9.48. The van der Waals surface area contributed by atoms with E-state index in [1.807, 2.05) is 13.8 Å². The Hall–Kier alpha value is -0.455. The zero-order valence-corrected chi connectivity index (χ0v) is 10.2. The van der Waals surface area contributed by atoms with Gasteiger partial charge in [-0.2, -0.15) is 0 Å². The molecule has 0 saturated heterocycles. The number of hydrogen-bond donors (Lipinski definition) is 0. The smallest absolute Gasteiger partial charge is 0.0980 e. The molecule has 0 saturated carbocycles. The molecule has 1 heteroatoms. The minimum Gasteiger partial charge on any atom is -0.0980 e. The lowest BCUT2D eigenvalue weighted by Crippen LogP contribution is -2.02. The molecule has 0 heterocycles. The standard InChI is InChI=1S/C7H11B.C3H8.C2H6/c1-8(2)7-5-3-4-6-7;1-3-2;1-2/h3-5H,6H2,1-2H3;3H2,1-2H3;1-2H3. The van der Waals surface area contributed by atoms with Crippen LogP contribution in [0.25, 0.3) is 0 Å². The average molecular weight is 180 g/mol. The zero-order valence-electron chi connectivity index (χ0n) is 10.2. The van der Waals surface area contributed by atoms with Crippen molar-refractivity contribution in [3.63, 3.8) is 0 Å². The third-order valence-electron chi connectivity index (χ3n) is 1.54. The van der Waals surface area contributed by atoms with Gasteiger partial charge in [-0.25, -0.2) is 0 Å². The minimum absolute atomic E-state index is 0.741. The van der Waals surface area contributed by atoms with Crippen molar-refractivity contribution in [2.75, 3.05) is 0 Å². The van der Waals surface area contributed by atoms with Crippen LogP contribution in [0.2, 0.25) is 13.6 Å². The fourth-order valence-electron chi connectivity index (χ4n) is 0.892. The summed E-state index contributed by atoms with van der Waals surface area (Å²) in [6.45, 7) is 13.5. The van der Waals surface area contributed by atoms with Crippen LogP contribution in [0, 0.1) is 0 Å². The van der Waals surface area contributed by atoms with E-state index in [1.54, 1.807) is 5.47 Å². The maximum absolute atomic E-state index is 2.23. The first-order valence-electron chi connectivity index (χ1n) is 5.57. The van der Waals surface area contributed by atoms with Gasteiger partial charge in [0.15, 0.2) is 6.71 Å². The van der Waals surface area contributed by atoms with E-state index >= 15 is 0 Å². The summed E-state index contributed by atoms with van der Waals surface area (Å²) in [5.74, 6) is 0. The summed E-state index contributed by atoms with van der Waals surface area (Å²) in [7, 11) is 0. The van der Waals surface area contributed by atoms with E-state index in [0.29, 0.717) is 0 Å². The fraction of sp³-hybridized carbons (Fsp3) is 0.667. The van der Waals surface area contributed by atoms with Crippen molar-refractivity contribution in [2.24, 2.45) is 0 Å². The van der Waals surface area contributed by atoms with E-state index in [2.05, 4.69) is 45.7 Å². The van der Waals surface area contributed by atoms with Crippen molar-refractivity contribution in [2.45, 2.75) is 54.2 Å². The molecular formula is C12H25B. The Morgan fingerprint density at radius 2 is 1.69 bits per heavy atom. The first-order valence-corrected chi connectivity index (χ1v) is 5.57. The van der Waals surface area contributed by atoms with Crippen LogP contribution in [0.1, 0.15) is 40.5 Å². The molecule has 0 atom stereocenters. The van der Waals surface area contributed by atoms with E-state index in [0.717, 1.165) is 6.71 Å². The molecule has 13 heavy (non-hydrogen) atoms. The Balaban J connectivity index is 0. The Labute approximate surface area is 85.2 Å². The number of rotatable bonds is 1. The summed E-state index contributed by atoms with van der Waals surface area (Å²) >= 11 is 0. The highest BCUT2D eigenvalue weighted by atomic mass is 13.9. The summed E-state index contributed by atoms with van der Waals surface area (Å²) in [6, 6.07) is 0. The Morgan fingerprint density at radius 1 is 1.23 bits per heavy atom. The molecule has 0 unspecified atom stereocenters. The lowest BCUT2D eigenvalue weighted by Gasteiger charge is -1.98. The Morgan fingerprint density at radius 3 is 1.85 bits per heavy atom. The van der Waals surface area contributed by atoms with Gasteiger partial charge in [0.05, 0.1) is 0 Å². The first kappa shape index (κ1) is 15.0. The second-order valence-electron chi connectivity index (χ2n) is 3.24. The van der Waals surface area contributed by atoms with Crippen molar-refractivity contribution in [3.05, 3.63) is 23.7 Å². The van der Waals surface area contributed by atoms with E-state index in [9.17, 15) is 0 Å². The molecule has 0 radical (unpaired) electrons. The largest absolute Gasteiger partial charge is 0.164 e. The molecule has 1 aliphatic carbocycles. The van der Waals surface area contributed by atoms with E-state index in [-0.39, 0.29) is 0 Å². The zero-order chi connectivity index (χ0) is 10.7. The molecule has 0 aliphatic heterocycles. The third-order valence-corrected chi connectivity index (χ3v) is 1.54. The predicted octanol–water partition coefficient (Wildman–Crippen LogP) is 4.61. The molecule has 0 amide bonds. The fourth-order valence-corrected chi connectivity index (χ4v) is 0.892. The van der Waals surface area contributed by atoms with E-state index in [4.69, 9.17) is 0 Å². The normalized spacial score (nSPS) is 12.0. The second-order valence-corrected chi connectivity index (χ2v) is 3.24. The maximum atomic E-state index is 2.23. The lowest BCUT2D eigenvalue weighted by molar-refractivity contribution is 1.09. The van der Waals surface area contributed by atoms with Crippen LogP contribution in [-0.4, -0.2) is 6.71 Å². The molecule has 0 aromatic heterocycles. The van der Waals surface area contributed by atoms with Crippen molar-refractivity contribution in [1.82, 2.24) is 0 Å². The monoisotopic (exact) mass is 180 g/mol. The summed E-state index contributed by atoms with van der Waals surface area (Å²) in [5, 5.41) is 0. The van der Waals surface area contributed by atoms with Gasteiger partial charge in [0.2, 0.25) is 0 Å². The van der Waals surface area contributed by atoms with Crippen LogP contribution in [0.3, 0.4) is 0 Å². The van der Waals surface area contributed by atoms with Gasteiger partial charge >= 0.3 is 0 Å². The van der Waals surface area contributed by atoms with Crippen LogP contribution in [0.4, 0.5) is 0 Å². The van der Waals surface area contributed by atoms with Crippen LogP contribution in [0.15, 0.2) is 23.7 Å². The first-order chi connectivity index (χ1) is 6.22. The number of allylic oxidation sites excluding steroid dienone is 4. The molecule has 1 rings (SSSR count). The molecule has 0 N–H and O–H groups in total. The molecular weight excluding hydrogens is 155 g/mol. The van der Waals surface area contributed by atoms with Crippen molar-refractivity contribution in [1.29, 1.82) is 0 Å². The van der Waals surface area contributed by atoms with Gasteiger partial charge in [-0.1, -0.05) is 71.5 Å². The van der Waals surface area contributed by atoms with Gasteiger partial charge in [-0.3, -0.25) is 0 Å². The van der Waals surface area contributed by atoms with Crippen LogP contribution >= 0.6 is 0 Å². The topological polar surface area (TPSA) is 0 Å². The van der Waals surface area contributed by atoms with Crippen molar-refractivity contribution >= 4 is 6.71 Å². The molecule has 0 aromatic carbocycles. The van der Waals surface area contributed by atoms with Gasteiger partial charge in [-0.15, -0.1) is 0 Å². The van der Waals surface area contributed by atoms with Gasteiger partial charge in [0.25, 0.3) is 0 Å². The Bertz CT molecular complexity index is 143. The highest BCUT2D eigenvalue weighted by Gasteiger charge is 2.05. The molecule has 0 spiro atoms. The van der Waals surface area contributed by atoms with Gasteiger partial charge < -0.3 is 0 Å². The van der Waals surface area contributed by atoms with Gasteiger partial charge in [0.1, 0.15) is 0 Å². The average Bonchev–Trinajstić information content (AvgIpc) is 2.61. The van der Waals surface area contributed by atoms with Gasteiger partial charge in [0, 0.05) is 0 Å². The molecule has 1 aliphatic rings. The highest BCUT2D eigenvalue weighted by molar-refractivity contribution is 6.64. The second kappa shape index (κ2) is 11.5. The number of hydrogen-bond acceptors (Lipinski definition) is 0. The summed E-state index contributed by atoms with van der Waals surface area (Å²) in [4.78, 5) is 0. The van der Waals surface area contributed by atoms with Crippen molar-refractivity contribution in [3.8, 4) is 0 Å². The van der Waals surface area contributed by atoms with Crippen LogP contribution in [0.5, 0.6) is 0 Å². The van der Waals surface area contributed by atoms with E-state index in [1.165, 1.54) is 12.8 Å². The minimum atomic E-state index is 0.741. The molecule has 0 bridgehead atoms. The third kappa shape index (κ3) is 9.46. The summed E-state index contributed by atoms with van der Waals surface area (Å²) < 4.78 is 0. The predicted molar refractivity (Wildman–Crippen MR) is 66.6 cm³/mol. The molecule has 0 nitrogen and oxygen atoms in total. The Kier molecular flexibility index (Phi) is 13.4. The van der Waals surface area contributed by atoms with Gasteiger partial charge in [-0.05, 0) is 6.42 Å². The maximum Gasteiger partial charge on any atom is 0.164 e. The summed E-state index contributed by atoms with van der Waals surface area (Å²) in [6.07, 6.45) is 8.98. The van der Waals surface area contributed by atoms with Crippen molar-refractivity contribution < 1.29 is 0 Å². The van der Waals surface area contributed by atoms with E-state index < -0.39 is 0 Å². The quantitative estimate of drug-likeness (QED) is 0.517. The highest BCUT2D eigenvalue weighted by Crippen LogP contribution is 2.12. The van der Waals surface area contributed by atoms with Crippen LogP contribution < -0.4 is 0 Å². The molecule has 76 valence electrons.